The van der Waals surface area contributed by atoms with Gasteiger partial charge in [0.05, 0.1) is 0 Å². The molecule has 188 valence electrons. The van der Waals surface area contributed by atoms with Gasteiger partial charge in [-0.15, -0.1) is 0 Å². The van der Waals surface area contributed by atoms with E-state index in [-0.39, 0.29) is 0 Å². The summed E-state index contributed by atoms with van der Waals surface area (Å²) in [5.74, 6) is 0. The molecule has 0 heterocycles. The van der Waals surface area contributed by atoms with Crippen molar-refractivity contribution in [1.29, 1.82) is 0 Å². The zero-order valence-electron chi connectivity index (χ0n) is 19.4. The first kappa shape index (κ1) is 27.5. The molecule has 7 heteroatoms. The maximum Gasteiger partial charge on any atom is 0.171 e. The summed E-state index contributed by atoms with van der Waals surface area (Å²) in [7, 11) is -3.86. The molecule has 2 unspecified atom stereocenters. The first-order chi connectivity index (χ1) is 17.7. The zero-order valence-corrected chi connectivity index (χ0v) is 23.3. The van der Waals surface area contributed by atoms with E-state index in [1.165, 1.54) is 0 Å². The Kier molecular flexibility index (Phi) is 9.17. The lowest BCUT2D eigenvalue weighted by Crippen LogP contribution is -2.19. The molecule has 4 aromatic rings. The quantitative estimate of drug-likeness (QED) is 0.205. The summed E-state index contributed by atoms with van der Waals surface area (Å²) in [6.07, 6.45) is 6.96. The molecule has 0 radical (unpaired) electrons. The summed E-state index contributed by atoms with van der Waals surface area (Å²) in [6.45, 7) is 0. The monoisotopic (exact) mass is 586 g/mol. The van der Waals surface area contributed by atoms with Crippen LogP contribution >= 0.6 is 46.4 Å². The van der Waals surface area contributed by atoms with E-state index >= 15 is 0 Å². The normalized spacial score (nSPS) is 13.7. The molecule has 0 aliphatic heterocycles. The summed E-state index contributed by atoms with van der Waals surface area (Å²) >= 11 is 24.2. The van der Waals surface area contributed by atoms with E-state index in [9.17, 15) is 8.42 Å². The number of sulfone groups is 1. The van der Waals surface area contributed by atoms with Crippen molar-refractivity contribution in [2.24, 2.45) is 0 Å². The molecule has 4 rings (SSSR count). The van der Waals surface area contributed by atoms with Gasteiger partial charge in [-0.05, 0) is 70.8 Å². The second kappa shape index (κ2) is 12.3. The highest BCUT2D eigenvalue weighted by Crippen LogP contribution is 2.38. The minimum Gasteiger partial charge on any atom is -0.227 e. The molecule has 0 spiro atoms. The summed E-state index contributed by atoms with van der Waals surface area (Å²) in [6, 6.07) is 28.1. The predicted molar refractivity (Wildman–Crippen MR) is 158 cm³/mol. The number of benzene rings is 4. The van der Waals surface area contributed by atoms with Gasteiger partial charge in [-0.2, -0.15) is 0 Å². The highest BCUT2D eigenvalue weighted by molar-refractivity contribution is 7.92. The van der Waals surface area contributed by atoms with Crippen molar-refractivity contribution < 1.29 is 8.42 Å². The molecule has 0 N–H and O–H groups in total. The first-order valence-electron chi connectivity index (χ1n) is 11.3. The summed E-state index contributed by atoms with van der Waals surface area (Å²) < 4.78 is 28.7. The molecule has 0 amide bonds. The zero-order chi connectivity index (χ0) is 26.4. The lowest BCUT2D eigenvalue weighted by atomic mass is 10.1. The molecular weight excluding hydrogens is 566 g/mol. The van der Waals surface area contributed by atoms with Crippen LogP contribution in [0.3, 0.4) is 0 Å². The van der Waals surface area contributed by atoms with E-state index in [1.807, 2.05) is 24.3 Å². The molecule has 0 saturated heterocycles. The number of rotatable bonds is 8. The third kappa shape index (κ3) is 7.28. The molecule has 0 fully saturated rings. The molecule has 0 aliphatic carbocycles. The molecule has 0 saturated carbocycles. The van der Waals surface area contributed by atoms with Gasteiger partial charge in [0.2, 0.25) is 0 Å². The Morgan fingerprint density at radius 1 is 0.459 bits per heavy atom. The van der Waals surface area contributed by atoms with Gasteiger partial charge in [0.15, 0.2) is 9.84 Å². The summed E-state index contributed by atoms with van der Waals surface area (Å²) in [4.78, 5) is 0. The first-order valence-corrected chi connectivity index (χ1v) is 14.5. The largest absolute Gasteiger partial charge is 0.227 e. The topological polar surface area (TPSA) is 34.1 Å². The van der Waals surface area contributed by atoms with Gasteiger partial charge < -0.3 is 0 Å². The lowest BCUT2D eigenvalue weighted by Gasteiger charge is -2.22. The van der Waals surface area contributed by atoms with E-state index in [4.69, 9.17) is 46.4 Å². The van der Waals surface area contributed by atoms with Crippen LogP contribution in [-0.2, 0) is 9.84 Å². The van der Waals surface area contributed by atoms with Gasteiger partial charge in [-0.1, -0.05) is 119 Å². The van der Waals surface area contributed by atoms with E-state index < -0.39 is 20.3 Å². The van der Waals surface area contributed by atoms with Crippen molar-refractivity contribution in [3.05, 3.63) is 152 Å². The van der Waals surface area contributed by atoms with Gasteiger partial charge in [-0.3, -0.25) is 0 Å². The summed E-state index contributed by atoms with van der Waals surface area (Å²) in [5.41, 5.74) is 2.87. The van der Waals surface area contributed by atoms with E-state index in [2.05, 4.69) is 0 Å². The van der Waals surface area contributed by atoms with Crippen LogP contribution in [0.4, 0.5) is 0 Å². The third-order valence-corrected chi connectivity index (χ3v) is 9.05. The van der Waals surface area contributed by atoms with Crippen LogP contribution in [-0.4, -0.2) is 8.42 Å². The Bertz CT molecular complexity index is 1380. The standard InChI is InChI=1S/C30H22Cl4O2S/c31-25-11-1-21(2-12-25)5-19-29(23-7-15-27(33)16-8-23)37(35,36)30(24-9-17-28(34)18-10-24)20-6-22-3-13-26(32)14-4-22/h1-20,29-30H/b19-5+,20-6+. The fourth-order valence-corrected chi connectivity index (χ4v) is 6.32. The van der Waals surface area contributed by atoms with Crippen LogP contribution < -0.4 is 0 Å². The van der Waals surface area contributed by atoms with E-state index in [0.717, 1.165) is 11.1 Å². The van der Waals surface area contributed by atoms with Gasteiger partial charge in [0.1, 0.15) is 10.5 Å². The van der Waals surface area contributed by atoms with Crippen LogP contribution in [0.1, 0.15) is 32.8 Å². The van der Waals surface area contributed by atoms with Crippen molar-refractivity contribution in [3.8, 4) is 0 Å². The molecule has 37 heavy (non-hydrogen) atoms. The van der Waals surface area contributed by atoms with Crippen molar-refractivity contribution in [1.82, 2.24) is 0 Å². The smallest absolute Gasteiger partial charge is 0.171 e. The highest BCUT2D eigenvalue weighted by Gasteiger charge is 2.33. The average Bonchev–Trinajstić information content (AvgIpc) is 2.88. The van der Waals surface area contributed by atoms with Crippen LogP contribution in [0.2, 0.25) is 20.1 Å². The molecule has 4 aromatic carbocycles. The molecule has 0 bridgehead atoms. The molecular formula is C30H22Cl4O2S. The maximum absolute atomic E-state index is 14.3. The second-order valence-corrected chi connectivity index (χ2v) is 12.3. The summed E-state index contributed by atoms with van der Waals surface area (Å²) in [5, 5.41) is 0.368. The van der Waals surface area contributed by atoms with Gasteiger partial charge >= 0.3 is 0 Å². The van der Waals surface area contributed by atoms with Crippen LogP contribution in [0.25, 0.3) is 12.2 Å². The van der Waals surface area contributed by atoms with Gasteiger partial charge in [0.25, 0.3) is 0 Å². The van der Waals surface area contributed by atoms with Crippen molar-refractivity contribution in [3.63, 3.8) is 0 Å². The number of hydrogen-bond donors (Lipinski definition) is 0. The van der Waals surface area contributed by atoms with Crippen LogP contribution in [0, 0.1) is 0 Å². The van der Waals surface area contributed by atoms with Crippen molar-refractivity contribution in [2.45, 2.75) is 10.5 Å². The molecule has 2 atom stereocenters. The Labute approximate surface area is 237 Å². The van der Waals surface area contributed by atoms with E-state index in [1.54, 1.807) is 97.1 Å². The minimum absolute atomic E-state index is 0.526. The van der Waals surface area contributed by atoms with Crippen molar-refractivity contribution >= 4 is 68.4 Å². The Morgan fingerprint density at radius 2 is 0.730 bits per heavy atom. The Balaban J connectivity index is 1.81. The highest BCUT2D eigenvalue weighted by atomic mass is 35.5. The van der Waals surface area contributed by atoms with Gasteiger partial charge in [-0.25, -0.2) is 8.42 Å². The lowest BCUT2D eigenvalue weighted by molar-refractivity contribution is 0.584. The SMILES string of the molecule is O=S(=O)(C(/C=C/c1ccc(Cl)cc1)c1ccc(Cl)cc1)C(/C=C/c1ccc(Cl)cc1)c1ccc(Cl)cc1. The predicted octanol–water partition coefficient (Wildman–Crippen LogP) is 9.92. The fraction of sp³-hybridized carbons (Fsp3) is 0.0667. The third-order valence-electron chi connectivity index (χ3n) is 5.77. The second-order valence-electron chi connectivity index (χ2n) is 8.35. The molecule has 2 nitrogen and oxygen atoms in total. The Morgan fingerprint density at radius 3 is 1.03 bits per heavy atom. The maximum atomic E-state index is 14.3. The molecule has 0 aliphatic rings. The van der Waals surface area contributed by atoms with Gasteiger partial charge in [0, 0.05) is 20.1 Å². The minimum atomic E-state index is -3.86. The van der Waals surface area contributed by atoms with Crippen molar-refractivity contribution in [2.75, 3.05) is 0 Å². The van der Waals surface area contributed by atoms with Crippen LogP contribution in [0.15, 0.2) is 109 Å². The van der Waals surface area contributed by atoms with E-state index in [0.29, 0.717) is 31.2 Å². The average molecular weight is 588 g/mol. The fourth-order valence-electron chi connectivity index (χ4n) is 3.83. The Hall–Kier alpha value is -2.53. The molecule has 0 aromatic heterocycles. The number of halogens is 4. The van der Waals surface area contributed by atoms with Crippen LogP contribution in [0.5, 0.6) is 0 Å². The number of hydrogen-bond acceptors (Lipinski definition) is 2.